The summed E-state index contributed by atoms with van der Waals surface area (Å²) >= 11 is 0. The van der Waals surface area contributed by atoms with Crippen LogP contribution in [0, 0.1) is 5.82 Å². The Bertz CT molecular complexity index is 850. The molecule has 0 amide bonds. The Kier molecular flexibility index (Phi) is 4.53. The Hall–Kier alpha value is -2.93. The predicted octanol–water partition coefficient (Wildman–Crippen LogP) is 2.52. The summed E-state index contributed by atoms with van der Waals surface area (Å²) in [5, 5.41) is 7.28. The number of benzene rings is 1. The molecular weight excluding hydrogens is 331 g/mol. The van der Waals surface area contributed by atoms with Crippen molar-refractivity contribution in [2.45, 2.75) is 6.54 Å². The zero-order valence-corrected chi connectivity index (χ0v) is 14.4. The molecule has 1 aliphatic rings. The maximum atomic E-state index is 13.1. The number of nitrogens with two attached hydrogens (primary N) is 1. The lowest BCUT2D eigenvalue weighted by atomic mass is 10.1. The van der Waals surface area contributed by atoms with E-state index in [1.807, 2.05) is 18.3 Å². The number of aromatic nitrogens is 3. The quantitative estimate of drug-likeness (QED) is 0.755. The lowest BCUT2D eigenvalue weighted by molar-refractivity contribution is 0.249. The molecule has 0 unspecified atom stereocenters. The third kappa shape index (κ3) is 3.52. The van der Waals surface area contributed by atoms with Gasteiger partial charge in [-0.05, 0) is 36.4 Å². The molecule has 26 heavy (non-hydrogen) atoms. The molecule has 6 nitrogen and oxygen atoms in total. The van der Waals surface area contributed by atoms with Crippen molar-refractivity contribution < 1.29 is 4.39 Å². The smallest absolute Gasteiger partial charge is 0.128 e. The monoisotopic (exact) mass is 352 g/mol. The first-order chi connectivity index (χ1) is 12.7. The van der Waals surface area contributed by atoms with E-state index in [1.54, 1.807) is 18.3 Å². The molecule has 134 valence electrons. The molecule has 1 aromatic carbocycles. The second kappa shape index (κ2) is 7.13. The van der Waals surface area contributed by atoms with Crippen LogP contribution >= 0.6 is 0 Å². The fraction of sp³-hybridized carbons (Fsp3) is 0.263. The predicted molar refractivity (Wildman–Crippen MR) is 100 cm³/mol. The number of halogens is 1. The minimum atomic E-state index is -0.238. The Morgan fingerprint density at radius 3 is 2.50 bits per heavy atom. The Morgan fingerprint density at radius 1 is 1.04 bits per heavy atom. The van der Waals surface area contributed by atoms with Gasteiger partial charge in [-0.15, -0.1) is 0 Å². The van der Waals surface area contributed by atoms with Crippen molar-refractivity contribution in [1.82, 2.24) is 20.1 Å². The van der Waals surface area contributed by atoms with Gasteiger partial charge in [-0.25, -0.2) is 9.37 Å². The second-order valence-electron chi connectivity index (χ2n) is 6.48. The van der Waals surface area contributed by atoms with Crippen LogP contribution in [0.4, 0.5) is 15.9 Å². The van der Waals surface area contributed by atoms with Crippen LogP contribution in [0.5, 0.6) is 0 Å². The first-order valence-electron chi connectivity index (χ1n) is 8.66. The van der Waals surface area contributed by atoms with Gasteiger partial charge in [-0.1, -0.05) is 0 Å². The van der Waals surface area contributed by atoms with E-state index < -0.39 is 0 Å². The standard InChI is InChI=1S/C19H21FN6/c20-16-3-1-14(2-4-16)19-15(11-23-24-19)13-25-7-9-26(10-8-25)18-6-5-17(21)12-22-18/h1-6,11-12H,7-10,13,21H2,(H,23,24). The first kappa shape index (κ1) is 16.5. The summed E-state index contributed by atoms with van der Waals surface area (Å²) in [6.07, 6.45) is 3.62. The number of nitrogen functional groups attached to an aromatic ring is 1. The molecule has 1 saturated heterocycles. The summed E-state index contributed by atoms with van der Waals surface area (Å²) in [4.78, 5) is 9.06. The number of hydrogen-bond donors (Lipinski definition) is 2. The van der Waals surface area contributed by atoms with Crippen LogP contribution < -0.4 is 10.6 Å². The molecule has 4 rings (SSSR count). The van der Waals surface area contributed by atoms with Crippen LogP contribution in [0.1, 0.15) is 5.56 Å². The van der Waals surface area contributed by atoms with E-state index in [1.165, 1.54) is 12.1 Å². The number of rotatable bonds is 4. The highest BCUT2D eigenvalue weighted by Gasteiger charge is 2.20. The van der Waals surface area contributed by atoms with Gasteiger partial charge in [-0.2, -0.15) is 5.10 Å². The van der Waals surface area contributed by atoms with Crippen LogP contribution in [0.15, 0.2) is 48.8 Å². The van der Waals surface area contributed by atoms with Gasteiger partial charge in [0.25, 0.3) is 0 Å². The van der Waals surface area contributed by atoms with Gasteiger partial charge in [0, 0.05) is 50.0 Å². The molecule has 7 heteroatoms. The molecule has 3 heterocycles. The van der Waals surface area contributed by atoms with Gasteiger partial charge in [0.05, 0.1) is 17.6 Å². The maximum absolute atomic E-state index is 13.1. The van der Waals surface area contributed by atoms with Crippen molar-refractivity contribution in [3.63, 3.8) is 0 Å². The van der Waals surface area contributed by atoms with Gasteiger partial charge in [-0.3, -0.25) is 10.00 Å². The van der Waals surface area contributed by atoms with Crippen LogP contribution in [0.3, 0.4) is 0 Å². The van der Waals surface area contributed by atoms with Crippen molar-refractivity contribution in [3.05, 3.63) is 60.2 Å². The van der Waals surface area contributed by atoms with Crippen molar-refractivity contribution >= 4 is 11.5 Å². The summed E-state index contributed by atoms with van der Waals surface area (Å²) in [7, 11) is 0. The molecule has 0 aliphatic carbocycles. The maximum Gasteiger partial charge on any atom is 0.128 e. The van der Waals surface area contributed by atoms with Crippen molar-refractivity contribution in [2.24, 2.45) is 0 Å². The number of H-pyrrole nitrogens is 1. The highest BCUT2D eigenvalue weighted by molar-refractivity contribution is 5.62. The summed E-state index contributed by atoms with van der Waals surface area (Å²) in [5.74, 6) is 0.729. The summed E-state index contributed by atoms with van der Waals surface area (Å²) in [6, 6.07) is 10.3. The Morgan fingerprint density at radius 2 is 1.81 bits per heavy atom. The number of aromatic amines is 1. The molecule has 0 radical (unpaired) electrons. The molecule has 1 fully saturated rings. The summed E-state index contributed by atoms with van der Waals surface area (Å²) < 4.78 is 13.1. The Labute approximate surface area is 151 Å². The molecule has 2 aromatic heterocycles. The average Bonchev–Trinajstić information content (AvgIpc) is 3.12. The molecule has 1 aliphatic heterocycles. The van der Waals surface area contributed by atoms with Gasteiger partial charge < -0.3 is 10.6 Å². The number of piperazine rings is 1. The fourth-order valence-electron chi connectivity index (χ4n) is 3.25. The van der Waals surface area contributed by atoms with Crippen LogP contribution in [-0.4, -0.2) is 46.3 Å². The minimum Gasteiger partial charge on any atom is -0.397 e. The molecule has 3 N–H and O–H groups in total. The van der Waals surface area contributed by atoms with E-state index in [0.29, 0.717) is 5.69 Å². The fourth-order valence-corrected chi connectivity index (χ4v) is 3.25. The van der Waals surface area contributed by atoms with Crippen LogP contribution in [0.25, 0.3) is 11.3 Å². The number of hydrogen-bond acceptors (Lipinski definition) is 5. The van der Waals surface area contributed by atoms with Crippen molar-refractivity contribution in [2.75, 3.05) is 36.8 Å². The van der Waals surface area contributed by atoms with E-state index in [-0.39, 0.29) is 5.82 Å². The lowest BCUT2D eigenvalue weighted by Gasteiger charge is -2.35. The highest BCUT2D eigenvalue weighted by atomic mass is 19.1. The molecule has 0 bridgehead atoms. The highest BCUT2D eigenvalue weighted by Crippen LogP contribution is 2.23. The molecular formula is C19H21FN6. The first-order valence-corrected chi connectivity index (χ1v) is 8.66. The number of nitrogens with zero attached hydrogens (tertiary/aromatic N) is 4. The third-order valence-corrected chi connectivity index (χ3v) is 4.70. The van der Waals surface area contributed by atoms with Gasteiger partial charge >= 0.3 is 0 Å². The SMILES string of the molecule is Nc1ccc(N2CCN(Cc3c[nH]nc3-c3ccc(F)cc3)CC2)nc1. The van der Waals surface area contributed by atoms with E-state index >= 15 is 0 Å². The minimum absolute atomic E-state index is 0.238. The second-order valence-corrected chi connectivity index (χ2v) is 6.48. The number of anilines is 2. The number of pyridine rings is 1. The van der Waals surface area contributed by atoms with Gasteiger partial charge in [0.2, 0.25) is 0 Å². The van der Waals surface area contributed by atoms with E-state index in [2.05, 4.69) is 25.0 Å². The number of nitrogens with one attached hydrogen (secondary N) is 1. The largest absolute Gasteiger partial charge is 0.397 e. The van der Waals surface area contributed by atoms with Crippen molar-refractivity contribution in [1.29, 1.82) is 0 Å². The molecule has 0 atom stereocenters. The van der Waals surface area contributed by atoms with E-state index in [4.69, 9.17) is 5.73 Å². The van der Waals surface area contributed by atoms with Crippen LogP contribution in [0.2, 0.25) is 0 Å². The van der Waals surface area contributed by atoms with Crippen molar-refractivity contribution in [3.8, 4) is 11.3 Å². The topological polar surface area (TPSA) is 74.1 Å². The van der Waals surface area contributed by atoms with Gasteiger partial charge in [0.1, 0.15) is 11.6 Å². The van der Waals surface area contributed by atoms with Crippen LogP contribution in [-0.2, 0) is 6.54 Å². The third-order valence-electron chi connectivity index (χ3n) is 4.70. The molecule has 3 aromatic rings. The van der Waals surface area contributed by atoms with Gasteiger partial charge in [0.15, 0.2) is 0 Å². The van der Waals surface area contributed by atoms with E-state index in [0.717, 1.165) is 55.4 Å². The molecule has 0 spiro atoms. The molecule has 0 saturated carbocycles. The lowest BCUT2D eigenvalue weighted by Crippen LogP contribution is -2.46. The van der Waals surface area contributed by atoms with E-state index in [9.17, 15) is 4.39 Å². The normalized spacial score (nSPS) is 15.3. The Balaban J connectivity index is 1.40. The summed E-state index contributed by atoms with van der Waals surface area (Å²) in [5.41, 5.74) is 9.31. The zero-order chi connectivity index (χ0) is 17.9. The zero-order valence-electron chi connectivity index (χ0n) is 14.4. The average molecular weight is 352 g/mol. The summed E-state index contributed by atoms with van der Waals surface area (Å²) in [6.45, 7) is 4.54.